The third-order valence-electron chi connectivity index (χ3n) is 3.16. The SMILES string of the molecule is Cc1nc(N)cc(Sc2nnnn2C2CCCC2)n1. The van der Waals surface area contributed by atoms with Gasteiger partial charge in [0, 0.05) is 6.07 Å². The van der Waals surface area contributed by atoms with Crippen molar-refractivity contribution >= 4 is 17.6 Å². The molecule has 1 saturated carbocycles. The second-order valence-corrected chi connectivity index (χ2v) is 5.61. The number of nitrogens with two attached hydrogens (primary N) is 1. The lowest BCUT2D eigenvalue weighted by Gasteiger charge is -2.10. The molecule has 0 radical (unpaired) electrons. The normalized spacial score (nSPS) is 16.1. The van der Waals surface area contributed by atoms with Gasteiger partial charge in [-0.3, -0.25) is 0 Å². The maximum atomic E-state index is 5.73. The van der Waals surface area contributed by atoms with E-state index in [1.807, 2.05) is 11.6 Å². The molecule has 0 saturated heterocycles. The summed E-state index contributed by atoms with van der Waals surface area (Å²) in [5, 5.41) is 13.5. The van der Waals surface area contributed by atoms with Crippen LogP contribution in [0, 0.1) is 6.92 Å². The Morgan fingerprint density at radius 1 is 1.32 bits per heavy atom. The summed E-state index contributed by atoms with van der Waals surface area (Å²) >= 11 is 1.43. The molecule has 8 heteroatoms. The van der Waals surface area contributed by atoms with Gasteiger partial charge in [0.25, 0.3) is 0 Å². The Morgan fingerprint density at radius 3 is 2.84 bits per heavy atom. The molecule has 0 unspecified atom stereocenters. The van der Waals surface area contributed by atoms with Gasteiger partial charge in [-0.25, -0.2) is 14.6 Å². The van der Waals surface area contributed by atoms with E-state index in [2.05, 4.69) is 25.5 Å². The van der Waals surface area contributed by atoms with Gasteiger partial charge in [0.05, 0.1) is 6.04 Å². The van der Waals surface area contributed by atoms with Crippen molar-refractivity contribution < 1.29 is 0 Å². The standard InChI is InChI=1S/C11H15N7S/c1-7-13-9(12)6-10(14-7)19-11-15-16-17-18(11)8-4-2-3-5-8/h6,8H,2-5H2,1H3,(H2,12,13,14). The van der Waals surface area contributed by atoms with Gasteiger partial charge in [-0.1, -0.05) is 12.8 Å². The summed E-state index contributed by atoms with van der Waals surface area (Å²) < 4.78 is 1.91. The molecule has 100 valence electrons. The third kappa shape index (κ3) is 2.67. The van der Waals surface area contributed by atoms with Crippen molar-refractivity contribution in [1.29, 1.82) is 0 Å². The van der Waals surface area contributed by atoms with Crippen molar-refractivity contribution in [1.82, 2.24) is 30.2 Å². The largest absolute Gasteiger partial charge is 0.384 e. The Kier molecular flexibility index (Phi) is 3.33. The molecule has 1 fully saturated rings. The van der Waals surface area contributed by atoms with Crippen LogP contribution in [0.15, 0.2) is 16.2 Å². The maximum Gasteiger partial charge on any atom is 0.215 e. The lowest BCUT2D eigenvalue weighted by atomic mass is 10.3. The second kappa shape index (κ2) is 5.12. The number of tetrazole rings is 1. The van der Waals surface area contributed by atoms with Crippen molar-refractivity contribution in [2.24, 2.45) is 0 Å². The predicted octanol–water partition coefficient (Wildman–Crippen LogP) is 1.62. The zero-order valence-electron chi connectivity index (χ0n) is 10.7. The first-order valence-corrected chi connectivity index (χ1v) is 7.11. The van der Waals surface area contributed by atoms with E-state index in [0.717, 1.165) is 23.0 Å². The van der Waals surface area contributed by atoms with Gasteiger partial charge in [-0.05, 0) is 42.0 Å². The number of aryl methyl sites for hydroxylation is 1. The third-order valence-corrected chi connectivity index (χ3v) is 4.03. The lowest BCUT2D eigenvalue weighted by Crippen LogP contribution is -2.08. The Morgan fingerprint density at radius 2 is 2.11 bits per heavy atom. The van der Waals surface area contributed by atoms with Crippen molar-refractivity contribution in [3.8, 4) is 0 Å². The van der Waals surface area contributed by atoms with Crippen LogP contribution in [0.25, 0.3) is 0 Å². The molecule has 1 aliphatic carbocycles. The number of hydrogen-bond acceptors (Lipinski definition) is 7. The van der Waals surface area contributed by atoms with E-state index in [1.54, 1.807) is 6.07 Å². The highest BCUT2D eigenvalue weighted by Gasteiger charge is 2.22. The summed E-state index contributed by atoms with van der Waals surface area (Å²) in [6.07, 6.45) is 4.77. The van der Waals surface area contributed by atoms with Crippen LogP contribution in [-0.4, -0.2) is 30.2 Å². The molecule has 2 N–H and O–H groups in total. The van der Waals surface area contributed by atoms with Gasteiger partial charge in [0.2, 0.25) is 5.16 Å². The second-order valence-electron chi connectivity index (χ2n) is 4.62. The molecule has 0 bridgehead atoms. The molecule has 2 heterocycles. The summed E-state index contributed by atoms with van der Waals surface area (Å²) in [4.78, 5) is 8.40. The molecule has 0 atom stereocenters. The molecule has 0 spiro atoms. The van der Waals surface area contributed by atoms with Crippen LogP contribution in [-0.2, 0) is 0 Å². The Balaban J connectivity index is 1.85. The summed E-state index contributed by atoms with van der Waals surface area (Å²) in [6.45, 7) is 1.82. The van der Waals surface area contributed by atoms with Crippen LogP contribution in [0.1, 0.15) is 37.5 Å². The number of hydrogen-bond donors (Lipinski definition) is 1. The zero-order valence-corrected chi connectivity index (χ0v) is 11.5. The molecule has 19 heavy (non-hydrogen) atoms. The monoisotopic (exact) mass is 277 g/mol. The highest BCUT2D eigenvalue weighted by atomic mass is 32.2. The summed E-state index contributed by atoms with van der Waals surface area (Å²) in [5.74, 6) is 1.12. The number of aromatic nitrogens is 6. The van der Waals surface area contributed by atoms with E-state index < -0.39 is 0 Å². The van der Waals surface area contributed by atoms with E-state index in [9.17, 15) is 0 Å². The lowest BCUT2D eigenvalue weighted by molar-refractivity contribution is 0.423. The maximum absolute atomic E-state index is 5.73. The highest BCUT2D eigenvalue weighted by Crippen LogP contribution is 2.33. The number of nitrogens with zero attached hydrogens (tertiary/aromatic N) is 6. The van der Waals surface area contributed by atoms with Crippen molar-refractivity contribution in [3.05, 3.63) is 11.9 Å². The zero-order chi connectivity index (χ0) is 13.2. The Hall–Kier alpha value is -1.70. The highest BCUT2D eigenvalue weighted by molar-refractivity contribution is 7.99. The molecule has 7 nitrogen and oxygen atoms in total. The van der Waals surface area contributed by atoms with Crippen molar-refractivity contribution in [3.63, 3.8) is 0 Å². The molecule has 0 aliphatic heterocycles. The van der Waals surface area contributed by atoms with Crippen LogP contribution in [0.2, 0.25) is 0 Å². The van der Waals surface area contributed by atoms with E-state index in [4.69, 9.17) is 5.73 Å². The Labute approximate surface area is 115 Å². The van der Waals surface area contributed by atoms with Crippen molar-refractivity contribution in [2.45, 2.75) is 48.8 Å². The molecule has 2 aromatic rings. The van der Waals surface area contributed by atoms with Crippen LogP contribution >= 0.6 is 11.8 Å². The predicted molar refractivity (Wildman–Crippen MR) is 70.6 cm³/mol. The van der Waals surface area contributed by atoms with Gasteiger partial charge in [-0.2, -0.15) is 0 Å². The quantitative estimate of drug-likeness (QED) is 0.851. The fourth-order valence-electron chi connectivity index (χ4n) is 2.34. The molecule has 0 aromatic carbocycles. The van der Waals surface area contributed by atoms with Gasteiger partial charge >= 0.3 is 0 Å². The molecular formula is C11H15N7S. The average molecular weight is 277 g/mol. The van der Waals surface area contributed by atoms with Crippen LogP contribution in [0.4, 0.5) is 5.82 Å². The molecule has 3 rings (SSSR count). The fourth-order valence-corrected chi connectivity index (χ4v) is 3.24. The van der Waals surface area contributed by atoms with Gasteiger partial charge in [0.15, 0.2) is 0 Å². The number of rotatable bonds is 3. The summed E-state index contributed by atoms with van der Waals surface area (Å²) in [7, 11) is 0. The average Bonchev–Trinajstić information content (AvgIpc) is 2.96. The topological polar surface area (TPSA) is 95.4 Å². The molecular weight excluding hydrogens is 262 g/mol. The minimum absolute atomic E-state index is 0.415. The molecule has 2 aromatic heterocycles. The summed E-state index contributed by atoms with van der Waals surface area (Å²) in [6, 6.07) is 2.16. The van der Waals surface area contributed by atoms with Crippen LogP contribution < -0.4 is 5.73 Å². The fraction of sp³-hybridized carbons (Fsp3) is 0.545. The minimum Gasteiger partial charge on any atom is -0.384 e. The smallest absolute Gasteiger partial charge is 0.215 e. The first-order valence-electron chi connectivity index (χ1n) is 6.29. The summed E-state index contributed by atoms with van der Waals surface area (Å²) in [5.41, 5.74) is 5.73. The van der Waals surface area contributed by atoms with Crippen molar-refractivity contribution in [2.75, 3.05) is 5.73 Å². The van der Waals surface area contributed by atoms with Gasteiger partial charge in [0.1, 0.15) is 16.7 Å². The van der Waals surface area contributed by atoms with E-state index >= 15 is 0 Å². The first-order chi connectivity index (χ1) is 9.22. The van der Waals surface area contributed by atoms with Gasteiger partial charge < -0.3 is 5.73 Å². The first kappa shape index (κ1) is 12.3. The van der Waals surface area contributed by atoms with E-state index in [-0.39, 0.29) is 0 Å². The molecule has 1 aliphatic rings. The van der Waals surface area contributed by atoms with E-state index in [0.29, 0.717) is 17.7 Å². The molecule has 0 amide bonds. The number of nitrogen functional groups attached to an aromatic ring is 1. The van der Waals surface area contributed by atoms with Gasteiger partial charge in [-0.15, -0.1) is 5.10 Å². The van der Waals surface area contributed by atoms with Crippen LogP contribution in [0.5, 0.6) is 0 Å². The minimum atomic E-state index is 0.415. The van der Waals surface area contributed by atoms with Crippen LogP contribution in [0.3, 0.4) is 0 Å². The number of anilines is 1. The van der Waals surface area contributed by atoms with E-state index in [1.165, 1.54) is 24.6 Å². The Bertz CT molecular complexity index is 556.